The highest BCUT2D eigenvalue weighted by Crippen LogP contribution is 2.17. The van der Waals surface area contributed by atoms with Gasteiger partial charge in [-0.1, -0.05) is 31.8 Å². The van der Waals surface area contributed by atoms with Crippen molar-refractivity contribution in [2.75, 3.05) is 27.2 Å². The molecule has 0 bridgehead atoms. The normalized spacial score (nSPS) is 16.0. The molecule has 0 radical (unpaired) electrons. The van der Waals surface area contributed by atoms with Gasteiger partial charge in [0.1, 0.15) is 0 Å². The maximum absolute atomic E-state index is 12.0. The molecule has 0 spiro atoms. The Morgan fingerprint density at radius 3 is 2.65 bits per heavy atom. The summed E-state index contributed by atoms with van der Waals surface area (Å²) in [6.45, 7) is 4.98. The Balaban J connectivity index is 2.21. The van der Waals surface area contributed by atoms with Gasteiger partial charge in [0.25, 0.3) is 0 Å². The molecule has 1 aliphatic carbocycles. The van der Waals surface area contributed by atoms with Crippen molar-refractivity contribution in [1.82, 2.24) is 15.5 Å². The van der Waals surface area contributed by atoms with E-state index in [0.29, 0.717) is 12.6 Å². The minimum atomic E-state index is 0.0671. The number of nitrogens with one attached hydrogen (secondary N) is 2. The number of guanidine groups is 1. The molecule has 1 fully saturated rings. The van der Waals surface area contributed by atoms with E-state index in [1.165, 1.54) is 32.1 Å². The number of carbonyl (C=O) groups is 1. The molecule has 2 N–H and O–H groups in total. The zero-order chi connectivity index (χ0) is 16.9. The van der Waals surface area contributed by atoms with Crippen LogP contribution < -0.4 is 10.6 Å². The minimum absolute atomic E-state index is 0.0671. The monoisotopic (exact) mass is 322 g/mol. The number of nitrogens with zero attached hydrogens (tertiary/aromatic N) is 2. The summed E-state index contributed by atoms with van der Waals surface area (Å²) in [7, 11) is 3.78. The van der Waals surface area contributed by atoms with Crippen molar-refractivity contribution >= 4 is 11.9 Å². The molecule has 0 heterocycles. The summed E-state index contributed by atoms with van der Waals surface area (Å²) in [5.41, 5.74) is 0. The molecule has 1 aliphatic rings. The van der Waals surface area contributed by atoms with Crippen LogP contribution in [0.3, 0.4) is 0 Å². The molecule has 0 unspecified atom stereocenters. The number of unbranched alkanes of at least 4 members (excludes halogenated alkanes) is 3. The van der Waals surface area contributed by atoms with Crippen LogP contribution >= 0.6 is 0 Å². The van der Waals surface area contributed by atoms with Gasteiger partial charge in [-0.05, 0) is 32.1 Å². The van der Waals surface area contributed by atoms with Crippen molar-refractivity contribution in [2.45, 2.75) is 63.8 Å². The lowest BCUT2D eigenvalue weighted by atomic mass is 9.95. The first-order valence-corrected chi connectivity index (χ1v) is 8.99. The van der Waals surface area contributed by atoms with Crippen LogP contribution in [0.2, 0.25) is 0 Å². The zero-order valence-corrected chi connectivity index (χ0v) is 14.9. The highest BCUT2D eigenvalue weighted by Gasteiger charge is 2.16. The molecule has 0 aliphatic heterocycles. The van der Waals surface area contributed by atoms with Crippen LogP contribution in [-0.2, 0) is 4.79 Å². The maximum atomic E-state index is 12.0. The van der Waals surface area contributed by atoms with E-state index in [-0.39, 0.29) is 5.91 Å². The average molecular weight is 322 g/mol. The third-order valence-corrected chi connectivity index (χ3v) is 4.35. The molecule has 0 aromatic heterocycles. The molecule has 5 heteroatoms. The molecule has 0 atom stereocenters. The van der Waals surface area contributed by atoms with E-state index in [0.717, 1.165) is 38.2 Å². The van der Waals surface area contributed by atoms with Gasteiger partial charge in [-0.25, -0.2) is 0 Å². The molecule has 1 amide bonds. The third-order valence-electron chi connectivity index (χ3n) is 4.35. The Bertz CT molecular complexity index is 375. The minimum Gasteiger partial charge on any atom is -0.352 e. The van der Waals surface area contributed by atoms with E-state index < -0.39 is 0 Å². The first-order valence-electron chi connectivity index (χ1n) is 8.99. The van der Waals surface area contributed by atoms with Gasteiger partial charge in [0, 0.05) is 26.7 Å². The molecule has 0 saturated heterocycles. The zero-order valence-electron chi connectivity index (χ0n) is 14.9. The SMILES string of the molecule is C=CCCCCCN(C)C(=NC)NCC(=O)NC1CCCCC1. The third kappa shape index (κ3) is 8.62. The number of rotatable bonds is 9. The van der Waals surface area contributed by atoms with Crippen molar-refractivity contribution < 1.29 is 4.79 Å². The Hall–Kier alpha value is -1.52. The summed E-state index contributed by atoms with van der Waals surface area (Å²) in [5.74, 6) is 0.852. The van der Waals surface area contributed by atoms with E-state index in [2.05, 4.69) is 27.1 Å². The van der Waals surface area contributed by atoms with Crippen LogP contribution in [0.1, 0.15) is 57.8 Å². The van der Waals surface area contributed by atoms with Gasteiger partial charge in [0.2, 0.25) is 5.91 Å². The van der Waals surface area contributed by atoms with Gasteiger partial charge in [-0.15, -0.1) is 6.58 Å². The first-order chi connectivity index (χ1) is 11.2. The Morgan fingerprint density at radius 2 is 2.00 bits per heavy atom. The fourth-order valence-electron chi connectivity index (χ4n) is 2.99. The van der Waals surface area contributed by atoms with Crippen LogP contribution in [0, 0.1) is 0 Å². The van der Waals surface area contributed by atoms with E-state index in [1.807, 2.05) is 13.1 Å². The average Bonchev–Trinajstić information content (AvgIpc) is 2.56. The Kier molecular flexibility index (Phi) is 10.2. The molecular weight excluding hydrogens is 288 g/mol. The Labute approximate surface area is 141 Å². The van der Waals surface area contributed by atoms with Crippen molar-refractivity contribution in [2.24, 2.45) is 4.99 Å². The second kappa shape index (κ2) is 12.0. The maximum Gasteiger partial charge on any atom is 0.239 e. The number of hydrogen-bond acceptors (Lipinski definition) is 2. The van der Waals surface area contributed by atoms with Gasteiger partial charge in [-0.3, -0.25) is 9.79 Å². The number of allylic oxidation sites excluding steroid dienone is 1. The summed E-state index contributed by atoms with van der Waals surface area (Å²) in [6.07, 6.45) is 12.5. The molecule has 1 saturated carbocycles. The second-order valence-electron chi connectivity index (χ2n) is 6.36. The summed E-state index contributed by atoms with van der Waals surface area (Å²) >= 11 is 0. The lowest BCUT2D eigenvalue weighted by Gasteiger charge is -2.24. The second-order valence-corrected chi connectivity index (χ2v) is 6.36. The lowest BCUT2D eigenvalue weighted by molar-refractivity contribution is -0.120. The van der Waals surface area contributed by atoms with Gasteiger partial charge >= 0.3 is 0 Å². The standard InChI is InChI=1S/C18H34N4O/c1-4-5-6-7-11-14-22(3)18(19-2)20-15-17(23)21-16-12-9-8-10-13-16/h4,16H,1,5-15H2,2-3H3,(H,19,20)(H,21,23). The Morgan fingerprint density at radius 1 is 1.26 bits per heavy atom. The number of aliphatic imine (C=N–C) groups is 1. The van der Waals surface area contributed by atoms with E-state index >= 15 is 0 Å². The molecule has 23 heavy (non-hydrogen) atoms. The summed E-state index contributed by atoms with van der Waals surface area (Å²) in [5, 5.41) is 6.28. The molecule has 1 rings (SSSR count). The smallest absolute Gasteiger partial charge is 0.239 e. The first kappa shape index (κ1) is 19.5. The van der Waals surface area contributed by atoms with Crippen molar-refractivity contribution in [3.05, 3.63) is 12.7 Å². The van der Waals surface area contributed by atoms with Crippen LogP contribution in [0.15, 0.2) is 17.6 Å². The fourth-order valence-corrected chi connectivity index (χ4v) is 2.99. The number of hydrogen-bond donors (Lipinski definition) is 2. The summed E-state index contributed by atoms with van der Waals surface area (Å²) in [4.78, 5) is 18.4. The predicted molar refractivity (Wildman–Crippen MR) is 97.7 cm³/mol. The topological polar surface area (TPSA) is 56.7 Å². The van der Waals surface area contributed by atoms with Gasteiger partial charge in [0.05, 0.1) is 6.54 Å². The summed E-state index contributed by atoms with van der Waals surface area (Å²) in [6, 6.07) is 0.364. The molecule has 5 nitrogen and oxygen atoms in total. The number of amides is 1. The quantitative estimate of drug-likeness (QED) is 0.297. The lowest BCUT2D eigenvalue weighted by Crippen LogP contribution is -2.46. The molecule has 0 aromatic carbocycles. The summed E-state index contributed by atoms with van der Waals surface area (Å²) < 4.78 is 0. The molecular formula is C18H34N4O. The van der Waals surface area contributed by atoms with Crippen molar-refractivity contribution in [1.29, 1.82) is 0 Å². The highest BCUT2D eigenvalue weighted by atomic mass is 16.2. The van der Waals surface area contributed by atoms with E-state index in [4.69, 9.17) is 0 Å². The van der Waals surface area contributed by atoms with Gasteiger partial charge < -0.3 is 15.5 Å². The van der Waals surface area contributed by atoms with Crippen molar-refractivity contribution in [3.8, 4) is 0 Å². The van der Waals surface area contributed by atoms with E-state index in [1.54, 1.807) is 7.05 Å². The van der Waals surface area contributed by atoms with E-state index in [9.17, 15) is 4.79 Å². The molecule has 0 aromatic rings. The predicted octanol–water partition coefficient (Wildman–Crippen LogP) is 2.69. The van der Waals surface area contributed by atoms with Crippen LogP contribution in [-0.4, -0.2) is 50.0 Å². The van der Waals surface area contributed by atoms with Gasteiger partial charge in [0.15, 0.2) is 5.96 Å². The fraction of sp³-hybridized carbons (Fsp3) is 0.778. The van der Waals surface area contributed by atoms with Gasteiger partial charge in [-0.2, -0.15) is 0 Å². The molecule has 132 valence electrons. The van der Waals surface area contributed by atoms with Crippen LogP contribution in [0.4, 0.5) is 0 Å². The van der Waals surface area contributed by atoms with Crippen LogP contribution in [0.25, 0.3) is 0 Å². The highest BCUT2D eigenvalue weighted by molar-refractivity contribution is 5.86. The number of carbonyl (C=O) groups excluding carboxylic acids is 1. The van der Waals surface area contributed by atoms with Crippen molar-refractivity contribution in [3.63, 3.8) is 0 Å². The van der Waals surface area contributed by atoms with Crippen LogP contribution in [0.5, 0.6) is 0 Å². The largest absolute Gasteiger partial charge is 0.352 e.